The van der Waals surface area contributed by atoms with Gasteiger partial charge in [-0.25, -0.2) is 0 Å². The number of aliphatic carboxylic acids is 1. The zero-order valence-corrected chi connectivity index (χ0v) is 12.2. The Labute approximate surface area is 116 Å². The molecule has 0 aromatic rings. The maximum absolute atomic E-state index is 12.1. The molecule has 1 aliphatic rings. The summed E-state index contributed by atoms with van der Waals surface area (Å²) in [5.41, 5.74) is -0.653. The van der Waals surface area contributed by atoms with Crippen LogP contribution >= 0.6 is 0 Å². The molecule has 1 fully saturated rings. The molecule has 0 heterocycles. The summed E-state index contributed by atoms with van der Waals surface area (Å²) in [7, 11) is 0. The van der Waals surface area contributed by atoms with Gasteiger partial charge in [-0.3, -0.25) is 9.59 Å². The van der Waals surface area contributed by atoms with Crippen molar-refractivity contribution in [3.63, 3.8) is 0 Å². The summed E-state index contributed by atoms with van der Waals surface area (Å²) in [6, 6.07) is 0. The van der Waals surface area contributed by atoms with Crippen LogP contribution in [0.15, 0.2) is 12.7 Å². The van der Waals surface area contributed by atoms with E-state index in [2.05, 4.69) is 6.58 Å². The fourth-order valence-corrected chi connectivity index (χ4v) is 2.76. The van der Waals surface area contributed by atoms with Crippen molar-refractivity contribution < 1.29 is 14.7 Å². The maximum Gasteiger partial charge on any atom is 0.309 e. The number of carboxylic acids is 1. The van der Waals surface area contributed by atoms with Gasteiger partial charge in [0.2, 0.25) is 0 Å². The van der Waals surface area contributed by atoms with Crippen molar-refractivity contribution in [3.05, 3.63) is 12.7 Å². The van der Waals surface area contributed by atoms with E-state index in [-0.39, 0.29) is 11.8 Å². The number of ketones is 1. The van der Waals surface area contributed by atoms with Crippen molar-refractivity contribution in [2.45, 2.75) is 58.8 Å². The first kappa shape index (κ1) is 15.9. The Kier molecular flexibility index (Phi) is 5.77. The second-order valence-electron chi connectivity index (χ2n) is 6.31. The second-order valence-corrected chi connectivity index (χ2v) is 6.31. The minimum Gasteiger partial charge on any atom is -0.481 e. The molecule has 0 aromatic heterocycles. The molecule has 0 spiro atoms. The highest BCUT2D eigenvalue weighted by Gasteiger charge is 2.29. The van der Waals surface area contributed by atoms with Gasteiger partial charge in [-0.1, -0.05) is 25.3 Å². The number of carboxylic acid groups (broad SMARTS) is 1. The third-order valence-corrected chi connectivity index (χ3v) is 4.30. The lowest BCUT2D eigenvalue weighted by Crippen LogP contribution is -2.27. The lowest BCUT2D eigenvalue weighted by atomic mass is 9.77. The minimum atomic E-state index is -0.743. The topological polar surface area (TPSA) is 54.4 Å². The third kappa shape index (κ3) is 4.48. The SMILES string of the molecule is C=CC1CCCC(CCCCC(C)(C)C(=O)O)C1=O. The van der Waals surface area contributed by atoms with E-state index in [1.807, 2.05) is 0 Å². The molecule has 1 saturated carbocycles. The second kappa shape index (κ2) is 6.88. The summed E-state index contributed by atoms with van der Waals surface area (Å²) in [5.74, 6) is -0.175. The molecule has 3 heteroatoms. The number of Topliss-reactive ketones (excluding diaryl/α,β-unsaturated/α-hetero) is 1. The van der Waals surface area contributed by atoms with Crippen molar-refractivity contribution in [1.29, 1.82) is 0 Å². The van der Waals surface area contributed by atoms with Crippen LogP contribution in [0.3, 0.4) is 0 Å². The molecular formula is C16H26O3. The van der Waals surface area contributed by atoms with E-state index in [1.165, 1.54) is 0 Å². The van der Waals surface area contributed by atoms with Crippen LogP contribution in [0, 0.1) is 17.3 Å². The molecule has 0 saturated heterocycles. The monoisotopic (exact) mass is 266 g/mol. The molecule has 1 rings (SSSR count). The van der Waals surface area contributed by atoms with Gasteiger partial charge in [-0.05, 0) is 39.5 Å². The average Bonchev–Trinajstić information content (AvgIpc) is 2.36. The standard InChI is InChI=1S/C16H26O3/c1-4-12-9-7-10-13(14(12)17)8-5-6-11-16(2,3)15(18)19/h4,12-13H,1,5-11H2,2-3H3,(H,18,19). The quantitative estimate of drug-likeness (QED) is 0.563. The summed E-state index contributed by atoms with van der Waals surface area (Å²) in [6.07, 6.45) is 8.22. The first-order valence-corrected chi connectivity index (χ1v) is 7.28. The molecular weight excluding hydrogens is 240 g/mol. The lowest BCUT2D eigenvalue weighted by molar-refractivity contribution is -0.147. The number of carbonyl (C=O) groups excluding carboxylic acids is 1. The van der Waals surface area contributed by atoms with Crippen molar-refractivity contribution in [1.82, 2.24) is 0 Å². The van der Waals surface area contributed by atoms with Gasteiger partial charge >= 0.3 is 5.97 Å². The summed E-state index contributed by atoms with van der Waals surface area (Å²) >= 11 is 0. The van der Waals surface area contributed by atoms with E-state index in [1.54, 1.807) is 19.9 Å². The van der Waals surface area contributed by atoms with Crippen LogP contribution in [0.2, 0.25) is 0 Å². The van der Waals surface area contributed by atoms with Crippen LogP contribution in [0.5, 0.6) is 0 Å². The van der Waals surface area contributed by atoms with E-state index in [0.717, 1.165) is 38.5 Å². The molecule has 0 amide bonds. The number of allylic oxidation sites excluding steroid dienone is 1. The van der Waals surface area contributed by atoms with Gasteiger partial charge in [0.15, 0.2) is 0 Å². The molecule has 0 bridgehead atoms. The van der Waals surface area contributed by atoms with Crippen LogP contribution in [-0.4, -0.2) is 16.9 Å². The molecule has 108 valence electrons. The fourth-order valence-electron chi connectivity index (χ4n) is 2.76. The Morgan fingerprint density at radius 2 is 2.11 bits per heavy atom. The van der Waals surface area contributed by atoms with Gasteiger partial charge < -0.3 is 5.11 Å². The summed E-state index contributed by atoms with van der Waals surface area (Å²) < 4.78 is 0. The van der Waals surface area contributed by atoms with E-state index >= 15 is 0 Å². The molecule has 0 aliphatic heterocycles. The molecule has 0 radical (unpaired) electrons. The van der Waals surface area contributed by atoms with Crippen LogP contribution < -0.4 is 0 Å². The van der Waals surface area contributed by atoms with Crippen LogP contribution in [0.1, 0.15) is 58.8 Å². The third-order valence-electron chi connectivity index (χ3n) is 4.30. The Morgan fingerprint density at radius 1 is 1.42 bits per heavy atom. The number of hydrogen-bond donors (Lipinski definition) is 1. The molecule has 19 heavy (non-hydrogen) atoms. The molecule has 2 unspecified atom stereocenters. The molecule has 2 atom stereocenters. The van der Waals surface area contributed by atoms with Crippen LogP contribution in [0.4, 0.5) is 0 Å². The fraction of sp³-hybridized carbons (Fsp3) is 0.750. The predicted molar refractivity (Wildman–Crippen MR) is 75.9 cm³/mol. The number of carbonyl (C=O) groups is 2. The Hall–Kier alpha value is -1.12. The van der Waals surface area contributed by atoms with E-state index < -0.39 is 11.4 Å². The van der Waals surface area contributed by atoms with Gasteiger partial charge in [-0.15, -0.1) is 6.58 Å². The predicted octanol–water partition coefficient (Wildman–Crippen LogP) is 3.83. The normalized spacial score (nSPS) is 24.2. The average molecular weight is 266 g/mol. The largest absolute Gasteiger partial charge is 0.481 e. The number of rotatable bonds is 7. The molecule has 0 aromatic carbocycles. The Balaban J connectivity index is 2.31. The molecule has 1 N–H and O–H groups in total. The molecule has 3 nitrogen and oxygen atoms in total. The zero-order valence-electron chi connectivity index (χ0n) is 12.2. The highest BCUT2D eigenvalue weighted by atomic mass is 16.4. The van der Waals surface area contributed by atoms with E-state index in [4.69, 9.17) is 5.11 Å². The summed E-state index contributed by atoms with van der Waals surface area (Å²) in [6.45, 7) is 7.25. The van der Waals surface area contributed by atoms with Crippen molar-refractivity contribution in [3.8, 4) is 0 Å². The van der Waals surface area contributed by atoms with Crippen molar-refractivity contribution in [2.75, 3.05) is 0 Å². The summed E-state index contributed by atoms with van der Waals surface area (Å²) in [5, 5.41) is 9.03. The van der Waals surface area contributed by atoms with Gasteiger partial charge in [0, 0.05) is 11.8 Å². The van der Waals surface area contributed by atoms with Gasteiger partial charge in [0.05, 0.1) is 5.41 Å². The highest BCUT2D eigenvalue weighted by Crippen LogP contribution is 2.31. The van der Waals surface area contributed by atoms with Crippen LogP contribution in [0.25, 0.3) is 0 Å². The number of hydrogen-bond acceptors (Lipinski definition) is 2. The van der Waals surface area contributed by atoms with Gasteiger partial charge in [0.25, 0.3) is 0 Å². The van der Waals surface area contributed by atoms with E-state index in [9.17, 15) is 9.59 Å². The molecule has 1 aliphatic carbocycles. The first-order valence-electron chi connectivity index (χ1n) is 7.28. The maximum atomic E-state index is 12.1. The minimum absolute atomic E-state index is 0.0502. The van der Waals surface area contributed by atoms with Crippen molar-refractivity contribution in [2.24, 2.45) is 17.3 Å². The van der Waals surface area contributed by atoms with Crippen molar-refractivity contribution >= 4 is 11.8 Å². The highest BCUT2D eigenvalue weighted by molar-refractivity contribution is 5.85. The first-order chi connectivity index (χ1) is 8.88. The van der Waals surface area contributed by atoms with Gasteiger partial charge in [-0.2, -0.15) is 0 Å². The van der Waals surface area contributed by atoms with Gasteiger partial charge in [0.1, 0.15) is 5.78 Å². The summed E-state index contributed by atoms with van der Waals surface area (Å²) in [4.78, 5) is 23.1. The van der Waals surface area contributed by atoms with Crippen LogP contribution in [-0.2, 0) is 9.59 Å². The van der Waals surface area contributed by atoms with E-state index in [0.29, 0.717) is 12.2 Å². The Bertz CT molecular complexity index is 344. The smallest absolute Gasteiger partial charge is 0.309 e. The zero-order chi connectivity index (χ0) is 14.5. The number of unbranched alkanes of at least 4 members (excludes halogenated alkanes) is 1. The Morgan fingerprint density at radius 3 is 2.68 bits per heavy atom. The lowest BCUT2D eigenvalue weighted by Gasteiger charge is -2.26.